The minimum Gasteiger partial charge on any atom is -0.368 e. The Balaban J connectivity index is 1.29. The van der Waals surface area contributed by atoms with Gasteiger partial charge < -0.3 is 19.7 Å². The quantitative estimate of drug-likeness (QED) is 0.676. The summed E-state index contributed by atoms with van der Waals surface area (Å²) in [5.74, 6) is 0. The molecule has 1 fully saturated rings. The predicted molar refractivity (Wildman–Crippen MR) is 120 cm³/mol. The molecule has 0 aliphatic carbocycles. The molecule has 0 bridgehead atoms. The molecule has 1 aromatic heterocycles. The van der Waals surface area contributed by atoms with E-state index in [2.05, 4.69) is 34.3 Å². The maximum atomic E-state index is 12.6. The summed E-state index contributed by atoms with van der Waals surface area (Å²) in [5, 5.41) is 3.80. The number of aromatic nitrogens is 2. The highest BCUT2D eigenvalue weighted by molar-refractivity contribution is 6.30. The Morgan fingerprint density at radius 3 is 2.67 bits per heavy atom. The summed E-state index contributed by atoms with van der Waals surface area (Å²) in [4.78, 5) is 20.9. The first kappa shape index (κ1) is 20.3. The average Bonchev–Trinajstić information content (AvgIpc) is 3.27. The first-order valence-electron chi connectivity index (χ1n) is 10.2. The highest BCUT2D eigenvalue weighted by Crippen LogP contribution is 2.25. The van der Waals surface area contributed by atoms with Gasteiger partial charge in [0.05, 0.1) is 6.33 Å². The molecule has 2 aromatic carbocycles. The number of nitrogens with zero attached hydrogens (tertiary/aromatic N) is 4. The predicted octanol–water partition coefficient (Wildman–Crippen LogP) is 3.93. The fourth-order valence-corrected chi connectivity index (χ4v) is 3.96. The van der Waals surface area contributed by atoms with Crippen molar-refractivity contribution in [3.63, 3.8) is 0 Å². The van der Waals surface area contributed by atoms with Gasteiger partial charge in [0, 0.05) is 62.4 Å². The van der Waals surface area contributed by atoms with Crippen LogP contribution in [0.2, 0.25) is 5.02 Å². The van der Waals surface area contributed by atoms with E-state index < -0.39 is 0 Å². The van der Waals surface area contributed by atoms with Crippen molar-refractivity contribution in [2.75, 3.05) is 31.1 Å². The average molecular weight is 424 g/mol. The van der Waals surface area contributed by atoms with Crippen LogP contribution in [0.3, 0.4) is 0 Å². The van der Waals surface area contributed by atoms with Crippen molar-refractivity contribution in [1.29, 1.82) is 0 Å². The Labute approximate surface area is 182 Å². The third kappa shape index (κ3) is 4.94. The highest BCUT2D eigenvalue weighted by atomic mass is 35.5. The zero-order valence-electron chi connectivity index (χ0n) is 17.1. The number of urea groups is 1. The molecule has 0 atom stereocenters. The second kappa shape index (κ2) is 9.22. The summed E-state index contributed by atoms with van der Waals surface area (Å²) < 4.78 is 2.03. The molecule has 6 nitrogen and oxygen atoms in total. The Bertz CT molecular complexity index is 997. The molecule has 0 saturated carbocycles. The number of rotatable bonds is 5. The molecule has 0 spiro atoms. The first-order valence-corrected chi connectivity index (χ1v) is 10.5. The maximum absolute atomic E-state index is 12.6. The number of nitrogens with one attached hydrogen (secondary N) is 1. The smallest absolute Gasteiger partial charge is 0.317 e. The van der Waals surface area contributed by atoms with Crippen molar-refractivity contribution in [3.05, 3.63) is 82.9 Å². The lowest BCUT2D eigenvalue weighted by molar-refractivity contribution is 0.194. The Hall–Kier alpha value is -2.99. The van der Waals surface area contributed by atoms with E-state index in [9.17, 15) is 4.79 Å². The molecule has 0 unspecified atom stereocenters. The highest BCUT2D eigenvalue weighted by Gasteiger charge is 2.22. The molecule has 2 amide bonds. The van der Waals surface area contributed by atoms with Gasteiger partial charge in [0.25, 0.3) is 0 Å². The van der Waals surface area contributed by atoms with Crippen molar-refractivity contribution < 1.29 is 4.79 Å². The number of carbonyl (C=O) groups is 1. The lowest BCUT2D eigenvalue weighted by atomic mass is 10.1. The van der Waals surface area contributed by atoms with Gasteiger partial charge >= 0.3 is 6.03 Å². The Morgan fingerprint density at radius 2 is 1.90 bits per heavy atom. The van der Waals surface area contributed by atoms with Crippen LogP contribution in [0.25, 0.3) is 0 Å². The van der Waals surface area contributed by atoms with Crippen LogP contribution in [0.15, 0.2) is 61.2 Å². The van der Waals surface area contributed by atoms with Crippen LogP contribution in [0, 0.1) is 6.92 Å². The molecule has 0 radical (unpaired) electrons. The van der Waals surface area contributed by atoms with Crippen molar-refractivity contribution >= 4 is 23.3 Å². The zero-order chi connectivity index (χ0) is 20.9. The third-order valence-electron chi connectivity index (χ3n) is 5.44. The van der Waals surface area contributed by atoms with Gasteiger partial charge in [-0.1, -0.05) is 41.9 Å². The van der Waals surface area contributed by atoms with E-state index in [4.69, 9.17) is 11.6 Å². The van der Waals surface area contributed by atoms with E-state index >= 15 is 0 Å². The summed E-state index contributed by atoms with van der Waals surface area (Å²) >= 11 is 6.16. The van der Waals surface area contributed by atoms with E-state index in [1.54, 1.807) is 12.5 Å². The van der Waals surface area contributed by atoms with Gasteiger partial charge in [-0.3, -0.25) is 0 Å². The molecule has 30 heavy (non-hydrogen) atoms. The number of carbonyl (C=O) groups excluding carboxylic acids is 1. The molecule has 1 saturated heterocycles. The summed E-state index contributed by atoms with van der Waals surface area (Å²) in [6, 6.07) is 14.2. The molecular weight excluding hydrogens is 398 g/mol. The fraction of sp³-hybridized carbons (Fsp3) is 0.304. The second-order valence-corrected chi connectivity index (χ2v) is 8.06. The van der Waals surface area contributed by atoms with E-state index in [0.717, 1.165) is 35.9 Å². The molecular formula is C23H26ClN5O. The van der Waals surface area contributed by atoms with Gasteiger partial charge in [0.2, 0.25) is 0 Å². The van der Waals surface area contributed by atoms with Crippen LogP contribution < -0.4 is 10.2 Å². The summed E-state index contributed by atoms with van der Waals surface area (Å²) in [7, 11) is 0. The van der Waals surface area contributed by atoms with Gasteiger partial charge in [-0.25, -0.2) is 9.78 Å². The van der Waals surface area contributed by atoms with Crippen molar-refractivity contribution in [2.24, 2.45) is 0 Å². The number of hydrogen-bond donors (Lipinski definition) is 1. The molecule has 156 valence electrons. The number of imidazole rings is 1. The normalized spacial score (nSPS) is 14.1. The minimum absolute atomic E-state index is 0.0162. The van der Waals surface area contributed by atoms with E-state index in [0.29, 0.717) is 19.6 Å². The number of hydrogen-bond acceptors (Lipinski definition) is 3. The van der Waals surface area contributed by atoms with Gasteiger partial charge in [-0.15, -0.1) is 0 Å². The molecule has 3 aromatic rings. The van der Waals surface area contributed by atoms with Gasteiger partial charge in [-0.2, -0.15) is 0 Å². The van der Waals surface area contributed by atoms with Crippen molar-refractivity contribution in [2.45, 2.75) is 20.0 Å². The molecule has 1 aliphatic heterocycles. The van der Waals surface area contributed by atoms with E-state index in [1.165, 1.54) is 11.1 Å². The second-order valence-electron chi connectivity index (χ2n) is 7.62. The lowest BCUT2D eigenvalue weighted by Gasteiger charge is -2.36. The van der Waals surface area contributed by atoms with Crippen LogP contribution in [-0.4, -0.2) is 46.7 Å². The largest absolute Gasteiger partial charge is 0.368 e. The van der Waals surface area contributed by atoms with Gasteiger partial charge in [-0.05, 0) is 35.7 Å². The van der Waals surface area contributed by atoms with Crippen LogP contribution in [0.5, 0.6) is 0 Å². The first-order chi connectivity index (χ1) is 14.6. The maximum Gasteiger partial charge on any atom is 0.317 e. The van der Waals surface area contributed by atoms with Gasteiger partial charge in [0.1, 0.15) is 0 Å². The van der Waals surface area contributed by atoms with Crippen LogP contribution in [0.1, 0.15) is 16.7 Å². The number of aryl methyl sites for hydroxylation is 1. The topological polar surface area (TPSA) is 53.4 Å². The fourth-order valence-electron chi connectivity index (χ4n) is 3.79. The van der Waals surface area contributed by atoms with Gasteiger partial charge in [0.15, 0.2) is 0 Å². The third-order valence-corrected chi connectivity index (χ3v) is 5.67. The monoisotopic (exact) mass is 423 g/mol. The minimum atomic E-state index is -0.0162. The van der Waals surface area contributed by atoms with E-state index in [1.807, 2.05) is 46.0 Å². The van der Waals surface area contributed by atoms with Crippen molar-refractivity contribution in [3.8, 4) is 0 Å². The SMILES string of the molecule is Cc1ccc(Cl)cc1N1CCN(C(=O)NCc2cccc(Cn3ccnc3)c2)CC1. The molecule has 1 aliphatic rings. The number of piperazine rings is 1. The van der Waals surface area contributed by atoms with Crippen LogP contribution in [-0.2, 0) is 13.1 Å². The molecule has 2 heterocycles. The van der Waals surface area contributed by atoms with Crippen LogP contribution in [0.4, 0.5) is 10.5 Å². The lowest BCUT2D eigenvalue weighted by Crippen LogP contribution is -2.51. The summed E-state index contributed by atoms with van der Waals surface area (Å²) in [6.07, 6.45) is 5.52. The number of halogens is 1. The number of benzene rings is 2. The van der Waals surface area contributed by atoms with Crippen LogP contribution >= 0.6 is 11.6 Å². The number of anilines is 1. The summed E-state index contributed by atoms with van der Waals surface area (Å²) in [6.45, 7) is 6.36. The number of amides is 2. The van der Waals surface area contributed by atoms with Crippen molar-refractivity contribution in [1.82, 2.24) is 19.8 Å². The molecule has 1 N–H and O–H groups in total. The standard InChI is InChI=1S/C23H26ClN5O/c1-18-5-6-21(24)14-22(18)28-9-11-29(12-10-28)23(30)26-15-19-3-2-4-20(13-19)16-27-8-7-25-17-27/h2-8,13-14,17H,9-12,15-16H2,1H3,(H,26,30). The Kier molecular flexibility index (Phi) is 6.23. The molecule has 4 rings (SSSR count). The van der Waals surface area contributed by atoms with E-state index in [-0.39, 0.29) is 6.03 Å². The zero-order valence-corrected chi connectivity index (χ0v) is 17.8. The Morgan fingerprint density at radius 1 is 1.10 bits per heavy atom. The summed E-state index contributed by atoms with van der Waals surface area (Å²) in [5.41, 5.74) is 4.63. The molecule has 7 heteroatoms.